The Balaban J connectivity index is 1.72. The Kier molecular flexibility index (Phi) is 5.28. The number of nitro groups is 1. The van der Waals surface area contributed by atoms with Crippen molar-refractivity contribution in [1.29, 1.82) is 0 Å². The quantitative estimate of drug-likeness (QED) is 0.300. The molecule has 156 valence electrons. The van der Waals surface area contributed by atoms with Crippen LogP contribution in [0.3, 0.4) is 0 Å². The van der Waals surface area contributed by atoms with Crippen molar-refractivity contribution in [3.8, 4) is 5.69 Å². The Morgan fingerprint density at radius 2 is 1.77 bits per heavy atom. The van der Waals surface area contributed by atoms with Crippen LogP contribution < -0.4 is 5.01 Å². The third kappa shape index (κ3) is 3.79. The number of hydrogen-bond donors (Lipinski definition) is 0. The summed E-state index contributed by atoms with van der Waals surface area (Å²) in [6.45, 7) is 5.49. The maximum atomic E-state index is 13.1. The molecule has 4 rings (SSSR count). The second kappa shape index (κ2) is 7.92. The normalized spacial score (nSPS) is 15.0. The monoisotopic (exact) mass is 479 g/mol. The highest BCUT2D eigenvalue weighted by molar-refractivity contribution is 9.10. The zero-order valence-corrected chi connectivity index (χ0v) is 18.6. The van der Waals surface area contributed by atoms with Crippen LogP contribution in [0.1, 0.15) is 23.9 Å². The van der Waals surface area contributed by atoms with Gasteiger partial charge >= 0.3 is 0 Å². The molecule has 8 nitrogen and oxygen atoms in total. The Morgan fingerprint density at radius 1 is 1.06 bits per heavy atom. The lowest BCUT2D eigenvalue weighted by molar-refractivity contribution is -0.384. The van der Waals surface area contributed by atoms with Crippen LogP contribution >= 0.6 is 15.9 Å². The lowest BCUT2D eigenvalue weighted by Crippen LogP contribution is -2.21. The van der Waals surface area contributed by atoms with Crippen LogP contribution in [0.5, 0.6) is 0 Å². The van der Waals surface area contributed by atoms with Gasteiger partial charge in [0.05, 0.1) is 33.3 Å². The molecule has 0 spiro atoms. The summed E-state index contributed by atoms with van der Waals surface area (Å²) in [5, 5.41) is 21.5. The molecular formula is C22H18BrN5O3. The summed E-state index contributed by atoms with van der Waals surface area (Å²) in [5.74, 6) is -0.221. The van der Waals surface area contributed by atoms with Crippen molar-refractivity contribution < 1.29 is 9.72 Å². The minimum absolute atomic E-state index is 0.0101. The van der Waals surface area contributed by atoms with E-state index in [9.17, 15) is 14.9 Å². The zero-order valence-electron chi connectivity index (χ0n) is 17.0. The minimum Gasteiger partial charge on any atom is -0.267 e. The predicted octanol–water partition coefficient (Wildman–Crippen LogP) is 4.97. The number of aromatic nitrogens is 2. The number of anilines is 1. The average Bonchev–Trinajstić information content (AvgIpc) is 3.19. The van der Waals surface area contributed by atoms with E-state index in [1.807, 2.05) is 38.1 Å². The Morgan fingerprint density at radius 3 is 2.45 bits per heavy atom. The number of hydrazone groups is 1. The lowest BCUT2D eigenvalue weighted by Gasteiger charge is -2.11. The maximum Gasteiger partial charge on any atom is 0.280 e. The van der Waals surface area contributed by atoms with E-state index < -0.39 is 4.92 Å². The highest BCUT2D eigenvalue weighted by atomic mass is 79.9. The number of carbonyl (C=O) groups is 1. The van der Waals surface area contributed by atoms with Gasteiger partial charge in [-0.25, -0.2) is 4.68 Å². The van der Waals surface area contributed by atoms with Crippen molar-refractivity contribution in [2.45, 2.75) is 20.8 Å². The van der Waals surface area contributed by atoms with E-state index in [2.05, 4.69) is 26.1 Å². The molecule has 0 radical (unpaired) electrons. The molecule has 1 aromatic heterocycles. The molecule has 31 heavy (non-hydrogen) atoms. The van der Waals surface area contributed by atoms with E-state index in [0.29, 0.717) is 28.4 Å². The first kappa shape index (κ1) is 20.7. The number of halogens is 1. The van der Waals surface area contributed by atoms with Crippen LogP contribution in [-0.4, -0.2) is 26.3 Å². The number of hydrogen-bond acceptors (Lipinski definition) is 5. The number of carbonyl (C=O) groups excluding carboxylic acids is 1. The van der Waals surface area contributed by atoms with Crippen LogP contribution in [0, 0.1) is 24.0 Å². The van der Waals surface area contributed by atoms with Gasteiger partial charge in [0, 0.05) is 27.9 Å². The number of non-ortho nitro benzene ring substituents is 1. The first-order chi connectivity index (χ1) is 14.8. The van der Waals surface area contributed by atoms with E-state index in [0.717, 1.165) is 15.7 Å². The van der Waals surface area contributed by atoms with E-state index in [1.54, 1.807) is 29.8 Å². The number of nitro benzene ring substituents is 1. The highest BCUT2D eigenvalue weighted by Crippen LogP contribution is 2.28. The molecule has 0 N–H and O–H groups in total. The molecular weight excluding hydrogens is 462 g/mol. The van der Waals surface area contributed by atoms with Gasteiger partial charge in [-0.3, -0.25) is 14.9 Å². The smallest absolute Gasteiger partial charge is 0.267 e. The van der Waals surface area contributed by atoms with Crippen molar-refractivity contribution >= 4 is 45.0 Å². The van der Waals surface area contributed by atoms with Gasteiger partial charge in [-0.1, -0.05) is 22.0 Å². The fraction of sp³-hybridized carbons (Fsp3) is 0.136. The third-order valence-electron chi connectivity index (χ3n) is 5.05. The van der Waals surface area contributed by atoms with Gasteiger partial charge in [-0.15, -0.1) is 0 Å². The van der Waals surface area contributed by atoms with Crippen LogP contribution in [0.15, 0.2) is 63.7 Å². The van der Waals surface area contributed by atoms with Crippen molar-refractivity contribution in [2.24, 2.45) is 5.10 Å². The first-order valence-corrected chi connectivity index (χ1v) is 10.2. The maximum absolute atomic E-state index is 13.1. The number of nitrogens with zero attached hydrogens (tertiary/aromatic N) is 5. The molecule has 9 heteroatoms. The van der Waals surface area contributed by atoms with E-state index in [-0.39, 0.29) is 11.6 Å². The van der Waals surface area contributed by atoms with Gasteiger partial charge in [0.15, 0.2) is 0 Å². The van der Waals surface area contributed by atoms with Crippen LogP contribution in [0.25, 0.3) is 11.8 Å². The van der Waals surface area contributed by atoms with Gasteiger partial charge in [0.1, 0.15) is 0 Å². The fourth-order valence-electron chi connectivity index (χ4n) is 3.44. The molecule has 0 unspecified atom stereocenters. The van der Waals surface area contributed by atoms with Gasteiger partial charge in [-0.05, 0) is 57.2 Å². The summed E-state index contributed by atoms with van der Waals surface area (Å²) in [6.07, 6.45) is 1.78. The summed E-state index contributed by atoms with van der Waals surface area (Å²) >= 11 is 3.39. The zero-order chi connectivity index (χ0) is 22.3. The molecule has 0 saturated heterocycles. The highest BCUT2D eigenvalue weighted by Gasteiger charge is 2.29. The lowest BCUT2D eigenvalue weighted by atomic mass is 10.1. The molecule has 2 aromatic carbocycles. The van der Waals surface area contributed by atoms with Gasteiger partial charge in [-0.2, -0.15) is 15.2 Å². The standard InChI is InChI=1S/C22H18BrN5O3/c1-13-20(15(3)26(24-13)18-5-4-6-19(11-18)28(30)31)12-21-14(2)25-27(22(21)29)17-9-7-16(23)8-10-17/h4-12H,1-3H3/b21-12-. The predicted molar refractivity (Wildman–Crippen MR) is 122 cm³/mol. The van der Waals surface area contributed by atoms with E-state index >= 15 is 0 Å². The SMILES string of the molecule is CC1=NN(c2ccc(Br)cc2)C(=O)/C1=C\c1c(C)nn(-c2cccc([N+](=O)[O-])c2)c1C. The van der Waals surface area contributed by atoms with Crippen LogP contribution in [0.4, 0.5) is 11.4 Å². The first-order valence-electron chi connectivity index (χ1n) is 9.44. The van der Waals surface area contributed by atoms with Gasteiger partial charge in [0.25, 0.3) is 11.6 Å². The molecule has 0 aliphatic carbocycles. The topological polar surface area (TPSA) is 93.6 Å². The summed E-state index contributed by atoms with van der Waals surface area (Å²) < 4.78 is 2.56. The molecule has 0 bridgehead atoms. The van der Waals surface area contributed by atoms with E-state index in [4.69, 9.17) is 0 Å². The summed E-state index contributed by atoms with van der Waals surface area (Å²) in [7, 11) is 0. The van der Waals surface area contributed by atoms with Crippen LogP contribution in [-0.2, 0) is 4.79 Å². The number of aryl methyl sites for hydroxylation is 1. The third-order valence-corrected chi connectivity index (χ3v) is 5.58. The Hall–Kier alpha value is -3.59. The largest absolute Gasteiger partial charge is 0.280 e. The van der Waals surface area contributed by atoms with E-state index in [1.165, 1.54) is 17.1 Å². The van der Waals surface area contributed by atoms with Crippen LogP contribution in [0.2, 0.25) is 0 Å². The molecule has 0 atom stereocenters. The Labute approximate surface area is 186 Å². The summed E-state index contributed by atoms with van der Waals surface area (Å²) in [6, 6.07) is 13.6. The number of benzene rings is 2. The van der Waals surface area contributed by atoms with Gasteiger partial charge < -0.3 is 0 Å². The van der Waals surface area contributed by atoms with Crippen molar-refractivity contribution in [3.63, 3.8) is 0 Å². The van der Waals surface area contributed by atoms with Crippen molar-refractivity contribution in [1.82, 2.24) is 9.78 Å². The molecule has 1 aliphatic heterocycles. The molecule has 1 amide bonds. The summed E-state index contributed by atoms with van der Waals surface area (Å²) in [4.78, 5) is 23.7. The Bertz CT molecular complexity index is 1270. The van der Waals surface area contributed by atoms with Crippen molar-refractivity contribution in [3.05, 3.63) is 85.6 Å². The molecule has 1 aliphatic rings. The average molecular weight is 480 g/mol. The fourth-order valence-corrected chi connectivity index (χ4v) is 3.70. The molecule has 0 fully saturated rings. The second-order valence-electron chi connectivity index (χ2n) is 7.11. The van der Waals surface area contributed by atoms with Gasteiger partial charge in [0.2, 0.25) is 0 Å². The molecule has 3 aromatic rings. The molecule has 2 heterocycles. The number of rotatable bonds is 4. The number of amides is 1. The minimum atomic E-state index is -0.439. The summed E-state index contributed by atoms with van der Waals surface area (Å²) in [5.41, 5.74) is 4.59. The molecule has 0 saturated carbocycles. The second-order valence-corrected chi connectivity index (χ2v) is 8.03. The van der Waals surface area contributed by atoms with Crippen molar-refractivity contribution in [2.75, 3.05) is 5.01 Å².